The summed E-state index contributed by atoms with van der Waals surface area (Å²) in [5, 5.41) is 20.9. The maximum atomic E-state index is 12.1. The number of aromatic hydroxyl groups is 1. The third-order valence-corrected chi connectivity index (χ3v) is 3.88. The summed E-state index contributed by atoms with van der Waals surface area (Å²) in [6.45, 7) is 0. The first-order valence-corrected chi connectivity index (χ1v) is 7.97. The molecule has 2 aromatic carbocycles. The van der Waals surface area contributed by atoms with Crippen molar-refractivity contribution >= 4 is 23.7 Å². The molecular formula is C18H15ClN4O3. The van der Waals surface area contributed by atoms with Crippen LogP contribution in [0.5, 0.6) is 11.5 Å². The van der Waals surface area contributed by atoms with E-state index in [0.29, 0.717) is 22.0 Å². The Morgan fingerprint density at radius 2 is 2.12 bits per heavy atom. The summed E-state index contributed by atoms with van der Waals surface area (Å²) >= 11 is 6.13. The molecule has 0 saturated heterocycles. The maximum Gasteiger partial charge on any atom is 0.289 e. The molecule has 3 N–H and O–H groups in total. The van der Waals surface area contributed by atoms with Crippen LogP contribution in [0.1, 0.15) is 16.1 Å². The number of nitrogens with zero attached hydrogens (tertiary/aromatic N) is 2. The van der Waals surface area contributed by atoms with Crippen LogP contribution in [0.15, 0.2) is 53.6 Å². The van der Waals surface area contributed by atoms with Crippen molar-refractivity contribution < 1.29 is 14.6 Å². The van der Waals surface area contributed by atoms with Gasteiger partial charge >= 0.3 is 0 Å². The third-order valence-electron chi connectivity index (χ3n) is 3.55. The second kappa shape index (κ2) is 7.71. The summed E-state index contributed by atoms with van der Waals surface area (Å²) in [5.41, 5.74) is 4.52. The van der Waals surface area contributed by atoms with Crippen LogP contribution < -0.4 is 10.2 Å². The number of hydrazone groups is 1. The van der Waals surface area contributed by atoms with Crippen molar-refractivity contribution in [2.45, 2.75) is 0 Å². The van der Waals surface area contributed by atoms with Crippen LogP contribution in [0.4, 0.5) is 0 Å². The van der Waals surface area contributed by atoms with Gasteiger partial charge in [0.05, 0.1) is 24.0 Å². The number of hydrogen-bond acceptors (Lipinski definition) is 5. The molecule has 8 heteroatoms. The van der Waals surface area contributed by atoms with Gasteiger partial charge in [-0.2, -0.15) is 10.2 Å². The van der Waals surface area contributed by atoms with Crippen LogP contribution in [0.3, 0.4) is 0 Å². The highest BCUT2D eigenvalue weighted by molar-refractivity contribution is 6.33. The minimum atomic E-state index is -0.454. The van der Waals surface area contributed by atoms with Crippen LogP contribution >= 0.6 is 11.6 Å². The number of phenolic OH excluding ortho intramolecular Hbond substituents is 1. The Morgan fingerprint density at radius 1 is 1.31 bits per heavy atom. The average molecular weight is 371 g/mol. The van der Waals surface area contributed by atoms with Gasteiger partial charge in [-0.3, -0.25) is 9.89 Å². The van der Waals surface area contributed by atoms with E-state index in [1.54, 1.807) is 24.3 Å². The third kappa shape index (κ3) is 3.84. The number of phenols is 1. The Morgan fingerprint density at radius 3 is 2.85 bits per heavy atom. The summed E-state index contributed by atoms with van der Waals surface area (Å²) in [5.74, 6) is -0.110. The van der Waals surface area contributed by atoms with Gasteiger partial charge in [-0.25, -0.2) is 5.43 Å². The molecule has 3 aromatic rings. The molecule has 0 radical (unpaired) electrons. The lowest BCUT2D eigenvalue weighted by Crippen LogP contribution is -2.17. The van der Waals surface area contributed by atoms with E-state index in [1.807, 2.05) is 18.2 Å². The Bertz CT molecular complexity index is 969. The van der Waals surface area contributed by atoms with Gasteiger partial charge < -0.3 is 9.84 Å². The topological polar surface area (TPSA) is 99.6 Å². The summed E-state index contributed by atoms with van der Waals surface area (Å²) in [7, 11) is 1.46. The van der Waals surface area contributed by atoms with Crippen molar-refractivity contribution in [2.75, 3.05) is 7.11 Å². The number of amides is 1. The molecule has 1 heterocycles. The van der Waals surface area contributed by atoms with Gasteiger partial charge in [-0.05, 0) is 35.9 Å². The number of aromatic amines is 1. The van der Waals surface area contributed by atoms with Gasteiger partial charge in [-0.1, -0.05) is 29.8 Å². The largest absolute Gasteiger partial charge is 0.504 e. The highest BCUT2D eigenvalue weighted by Crippen LogP contribution is 2.26. The van der Waals surface area contributed by atoms with E-state index in [9.17, 15) is 9.90 Å². The smallest absolute Gasteiger partial charge is 0.289 e. The molecule has 0 atom stereocenters. The maximum absolute atomic E-state index is 12.1. The van der Waals surface area contributed by atoms with Gasteiger partial charge in [0.1, 0.15) is 5.69 Å². The van der Waals surface area contributed by atoms with Crippen molar-refractivity contribution in [1.29, 1.82) is 0 Å². The van der Waals surface area contributed by atoms with Crippen molar-refractivity contribution in [1.82, 2.24) is 15.6 Å². The summed E-state index contributed by atoms with van der Waals surface area (Å²) in [6.07, 6.45) is 1.41. The molecule has 7 nitrogen and oxygen atoms in total. The summed E-state index contributed by atoms with van der Waals surface area (Å²) in [4.78, 5) is 12.1. The molecule has 0 aliphatic heterocycles. The zero-order valence-corrected chi connectivity index (χ0v) is 14.5. The molecule has 0 unspecified atom stereocenters. The van der Waals surface area contributed by atoms with Gasteiger partial charge in [-0.15, -0.1) is 0 Å². The molecule has 132 valence electrons. The predicted octanol–water partition coefficient (Wildman–Crippen LogP) is 3.21. The number of ether oxygens (including phenoxy) is 1. The number of carbonyl (C=O) groups excluding carboxylic acids is 1. The lowest BCUT2D eigenvalue weighted by molar-refractivity contribution is 0.0950. The van der Waals surface area contributed by atoms with Gasteiger partial charge in [0.25, 0.3) is 5.91 Å². The van der Waals surface area contributed by atoms with E-state index < -0.39 is 5.91 Å². The van der Waals surface area contributed by atoms with E-state index in [2.05, 4.69) is 20.7 Å². The van der Waals surface area contributed by atoms with E-state index >= 15 is 0 Å². The van der Waals surface area contributed by atoms with Crippen molar-refractivity contribution in [3.63, 3.8) is 0 Å². The second-order valence-electron chi connectivity index (χ2n) is 5.28. The van der Waals surface area contributed by atoms with E-state index in [-0.39, 0.29) is 11.4 Å². The number of hydrogen-bond donors (Lipinski definition) is 3. The zero-order valence-electron chi connectivity index (χ0n) is 13.7. The van der Waals surface area contributed by atoms with Crippen molar-refractivity contribution in [2.24, 2.45) is 5.10 Å². The SMILES string of the molecule is COc1ccc(C=NNC(=O)c2cc(-c3ccccc3Cl)n[nH]2)cc1O. The normalized spacial score (nSPS) is 10.8. The number of benzene rings is 2. The number of methoxy groups -OCH3 is 1. The quantitative estimate of drug-likeness (QED) is 0.474. The van der Waals surface area contributed by atoms with E-state index in [4.69, 9.17) is 16.3 Å². The van der Waals surface area contributed by atoms with Crippen LogP contribution in [0.25, 0.3) is 11.3 Å². The highest BCUT2D eigenvalue weighted by Gasteiger charge is 2.12. The fraction of sp³-hybridized carbons (Fsp3) is 0.0556. The molecular weight excluding hydrogens is 356 g/mol. The van der Waals surface area contributed by atoms with E-state index in [1.165, 1.54) is 19.4 Å². The van der Waals surface area contributed by atoms with Gasteiger partial charge in [0.15, 0.2) is 11.5 Å². The van der Waals surface area contributed by atoms with Crippen LogP contribution in [0, 0.1) is 0 Å². The Balaban J connectivity index is 1.67. The lowest BCUT2D eigenvalue weighted by Gasteiger charge is -2.03. The molecule has 0 aliphatic rings. The minimum Gasteiger partial charge on any atom is -0.504 e. The monoisotopic (exact) mass is 370 g/mol. The minimum absolute atomic E-state index is 0.0132. The number of aromatic nitrogens is 2. The molecule has 0 aliphatic carbocycles. The first kappa shape index (κ1) is 17.5. The van der Waals surface area contributed by atoms with Crippen LogP contribution in [-0.4, -0.2) is 34.5 Å². The second-order valence-corrected chi connectivity index (χ2v) is 5.68. The standard InChI is InChI=1S/C18H15ClN4O3/c1-26-17-7-6-11(8-16(17)24)10-20-23-18(25)15-9-14(21-22-15)12-4-2-3-5-13(12)19/h2-10,24H,1H3,(H,21,22)(H,23,25). The van der Waals surface area contributed by atoms with Crippen LogP contribution in [0.2, 0.25) is 5.02 Å². The molecule has 26 heavy (non-hydrogen) atoms. The molecule has 0 saturated carbocycles. The molecule has 1 aromatic heterocycles. The molecule has 0 fully saturated rings. The highest BCUT2D eigenvalue weighted by atomic mass is 35.5. The lowest BCUT2D eigenvalue weighted by atomic mass is 10.1. The number of carbonyl (C=O) groups is 1. The number of nitrogens with one attached hydrogen (secondary N) is 2. The average Bonchev–Trinajstić information content (AvgIpc) is 3.12. The first-order chi connectivity index (χ1) is 12.6. The Labute approximate surface area is 154 Å². The summed E-state index contributed by atoms with van der Waals surface area (Å²) < 4.78 is 4.96. The molecule has 1 amide bonds. The number of rotatable bonds is 5. The first-order valence-electron chi connectivity index (χ1n) is 7.59. The van der Waals surface area contributed by atoms with Crippen molar-refractivity contribution in [3.8, 4) is 22.8 Å². The fourth-order valence-electron chi connectivity index (χ4n) is 2.26. The Hall–Kier alpha value is -3.32. The molecule has 0 spiro atoms. The van der Waals surface area contributed by atoms with Gasteiger partial charge in [0, 0.05) is 5.56 Å². The number of H-pyrrole nitrogens is 1. The fourth-order valence-corrected chi connectivity index (χ4v) is 2.49. The van der Waals surface area contributed by atoms with E-state index in [0.717, 1.165) is 5.56 Å². The predicted molar refractivity (Wildman–Crippen MR) is 98.8 cm³/mol. The Kier molecular flexibility index (Phi) is 5.19. The summed E-state index contributed by atoms with van der Waals surface area (Å²) in [6, 6.07) is 13.6. The molecule has 0 bridgehead atoms. The zero-order chi connectivity index (χ0) is 18.5. The van der Waals surface area contributed by atoms with Crippen LogP contribution in [-0.2, 0) is 0 Å². The molecule has 3 rings (SSSR count). The number of halogens is 1. The van der Waals surface area contributed by atoms with Gasteiger partial charge in [0.2, 0.25) is 0 Å². The van der Waals surface area contributed by atoms with Crippen molar-refractivity contribution in [3.05, 3.63) is 64.8 Å².